The number of halogens is 1. The van der Waals surface area contributed by atoms with E-state index in [0.717, 1.165) is 10.7 Å². The summed E-state index contributed by atoms with van der Waals surface area (Å²) in [6.07, 6.45) is 1.22. The Morgan fingerprint density at radius 2 is 1.69 bits per heavy atom. The lowest BCUT2D eigenvalue weighted by atomic mass is 10.2. The highest BCUT2D eigenvalue weighted by Gasteiger charge is 2.29. The molecule has 0 N–H and O–H groups in total. The zero-order valence-corrected chi connectivity index (χ0v) is 21.7. The third kappa shape index (κ3) is 5.97. The van der Waals surface area contributed by atoms with Gasteiger partial charge in [0.1, 0.15) is 12.1 Å². The molecule has 0 amide bonds. The number of benzene rings is 3. The van der Waals surface area contributed by atoms with Gasteiger partial charge in [-0.15, -0.1) is 5.10 Å². The number of nitrogens with zero attached hydrogens (tertiary/aromatic N) is 4. The van der Waals surface area contributed by atoms with Gasteiger partial charge in [0.25, 0.3) is 5.56 Å². The number of ether oxygens (including phenoxy) is 1. The molecule has 0 radical (unpaired) electrons. The maximum absolute atomic E-state index is 12.9. The van der Waals surface area contributed by atoms with Crippen LogP contribution in [0.3, 0.4) is 0 Å². The first-order chi connectivity index (χ1) is 17.2. The van der Waals surface area contributed by atoms with E-state index in [9.17, 15) is 18.0 Å². The van der Waals surface area contributed by atoms with Crippen LogP contribution < -0.4 is 9.86 Å². The summed E-state index contributed by atoms with van der Waals surface area (Å²) in [7, 11) is -3.79. The van der Waals surface area contributed by atoms with Crippen molar-refractivity contribution < 1.29 is 17.9 Å². The molecular formula is C25H23BrN4O5S. The molecule has 4 rings (SSSR count). The number of anilines is 1. The molecule has 9 nitrogen and oxygen atoms in total. The van der Waals surface area contributed by atoms with E-state index >= 15 is 0 Å². The van der Waals surface area contributed by atoms with Gasteiger partial charge in [0, 0.05) is 11.0 Å². The van der Waals surface area contributed by atoms with Gasteiger partial charge in [-0.1, -0.05) is 51.5 Å². The highest BCUT2D eigenvalue weighted by Crippen LogP contribution is 2.25. The van der Waals surface area contributed by atoms with Gasteiger partial charge in [0.15, 0.2) is 0 Å². The largest absolute Gasteiger partial charge is 0.460 e. The number of carbonyl (C=O) groups is 1. The number of fused-ring (bicyclic) bond motifs is 1. The van der Waals surface area contributed by atoms with Crippen LogP contribution in [0.2, 0.25) is 0 Å². The van der Waals surface area contributed by atoms with E-state index in [4.69, 9.17) is 4.74 Å². The van der Waals surface area contributed by atoms with Crippen LogP contribution in [-0.2, 0) is 21.3 Å². The van der Waals surface area contributed by atoms with Crippen molar-refractivity contribution in [2.24, 2.45) is 0 Å². The SMILES string of the molecule is CS(=O)(=O)N(c1ccc(Br)cc1)C(CCn1nnc2ccccc2c1=O)COC(=O)c1ccccc1. The Kier molecular flexibility index (Phi) is 7.80. The summed E-state index contributed by atoms with van der Waals surface area (Å²) in [5.41, 5.74) is 0.885. The molecule has 1 unspecified atom stereocenters. The molecule has 0 aliphatic rings. The Hall–Kier alpha value is -3.57. The van der Waals surface area contributed by atoms with Gasteiger partial charge in [-0.3, -0.25) is 9.10 Å². The summed E-state index contributed by atoms with van der Waals surface area (Å²) in [6, 6.07) is 21.2. The first-order valence-electron chi connectivity index (χ1n) is 11.0. The number of aryl methyl sites for hydroxylation is 1. The first-order valence-corrected chi connectivity index (χ1v) is 13.7. The number of esters is 1. The van der Waals surface area contributed by atoms with Gasteiger partial charge in [-0.05, 0) is 55.0 Å². The monoisotopic (exact) mass is 570 g/mol. The second-order valence-electron chi connectivity index (χ2n) is 8.08. The van der Waals surface area contributed by atoms with E-state index in [1.54, 1.807) is 78.9 Å². The molecule has 36 heavy (non-hydrogen) atoms. The molecule has 0 spiro atoms. The van der Waals surface area contributed by atoms with Crippen LogP contribution in [-0.4, -0.2) is 48.3 Å². The first kappa shape index (κ1) is 25.5. The maximum atomic E-state index is 12.9. The van der Waals surface area contributed by atoms with Crippen molar-refractivity contribution in [1.82, 2.24) is 15.0 Å². The Labute approximate surface area is 216 Å². The summed E-state index contributed by atoms with van der Waals surface area (Å²) >= 11 is 3.36. The van der Waals surface area contributed by atoms with Gasteiger partial charge in [0.05, 0.1) is 28.9 Å². The molecule has 1 atom stereocenters. The Balaban J connectivity index is 1.65. The average molecular weight is 571 g/mol. The van der Waals surface area contributed by atoms with Crippen LogP contribution in [0.1, 0.15) is 16.8 Å². The van der Waals surface area contributed by atoms with Gasteiger partial charge in [-0.25, -0.2) is 17.9 Å². The molecule has 11 heteroatoms. The fourth-order valence-electron chi connectivity index (χ4n) is 3.80. The van der Waals surface area contributed by atoms with Crippen LogP contribution in [0.15, 0.2) is 88.1 Å². The molecule has 0 fully saturated rings. The number of hydrogen-bond donors (Lipinski definition) is 0. The second-order valence-corrected chi connectivity index (χ2v) is 10.9. The molecule has 0 aliphatic heterocycles. The second kappa shape index (κ2) is 11.0. The summed E-state index contributed by atoms with van der Waals surface area (Å²) in [5, 5.41) is 8.49. The minimum Gasteiger partial charge on any atom is -0.460 e. The van der Waals surface area contributed by atoms with Crippen molar-refractivity contribution in [1.29, 1.82) is 0 Å². The molecule has 0 aliphatic carbocycles. The lowest BCUT2D eigenvalue weighted by Gasteiger charge is -2.31. The molecule has 0 saturated carbocycles. The maximum Gasteiger partial charge on any atom is 0.338 e. The van der Waals surface area contributed by atoms with Crippen molar-refractivity contribution in [3.05, 3.63) is 99.3 Å². The molecule has 186 valence electrons. The van der Waals surface area contributed by atoms with E-state index in [2.05, 4.69) is 26.2 Å². The fourth-order valence-corrected chi connectivity index (χ4v) is 5.28. The van der Waals surface area contributed by atoms with Crippen molar-refractivity contribution in [3.8, 4) is 0 Å². The lowest BCUT2D eigenvalue weighted by Crippen LogP contribution is -2.44. The Morgan fingerprint density at radius 3 is 2.39 bits per heavy atom. The third-order valence-electron chi connectivity index (χ3n) is 5.49. The summed E-state index contributed by atoms with van der Waals surface area (Å²) in [6.45, 7) is -0.167. The predicted molar refractivity (Wildman–Crippen MR) is 140 cm³/mol. The Bertz CT molecular complexity index is 1530. The molecule has 3 aromatic carbocycles. The van der Waals surface area contributed by atoms with Crippen molar-refractivity contribution in [2.75, 3.05) is 17.2 Å². The van der Waals surface area contributed by atoms with E-state index in [1.165, 1.54) is 8.99 Å². The van der Waals surface area contributed by atoms with Crippen molar-refractivity contribution >= 4 is 48.5 Å². The van der Waals surface area contributed by atoms with Crippen molar-refractivity contribution in [3.63, 3.8) is 0 Å². The van der Waals surface area contributed by atoms with Gasteiger partial charge in [-0.2, -0.15) is 0 Å². The summed E-state index contributed by atoms with van der Waals surface area (Å²) in [4.78, 5) is 25.5. The fraction of sp³-hybridized carbons (Fsp3) is 0.200. The van der Waals surface area contributed by atoms with Crippen LogP contribution in [0.4, 0.5) is 5.69 Å². The van der Waals surface area contributed by atoms with Crippen LogP contribution in [0.25, 0.3) is 10.9 Å². The highest BCUT2D eigenvalue weighted by molar-refractivity contribution is 9.10. The van der Waals surface area contributed by atoms with Crippen LogP contribution in [0.5, 0.6) is 0 Å². The number of aromatic nitrogens is 3. The van der Waals surface area contributed by atoms with Gasteiger partial charge < -0.3 is 4.74 Å². The number of hydrogen-bond acceptors (Lipinski definition) is 7. The smallest absolute Gasteiger partial charge is 0.338 e. The average Bonchev–Trinajstić information content (AvgIpc) is 2.87. The number of carbonyl (C=O) groups excluding carboxylic acids is 1. The molecule has 1 heterocycles. The molecule has 1 aromatic heterocycles. The lowest BCUT2D eigenvalue weighted by molar-refractivity contribution is 0.0477. The minimum absolute atomic E-state index is 0.0623. The van der Waals surface area contributed by atoms with E-state index < -0.39 is 22.0 Å². The molecule has 0 bridgehead atoms. The van der Waals surface area contributed by atoms with Crippen LogP contribution >= 0.6 is 15.9 Å². The van der Waals surface area contributed by atoms with Gasteiger partial charge in [0.2, 0.25) is 10.0 Å². The Morgan fingerprint density at radius 1 is 1.03 bits per heavy atom. The van der Waals surface area contributed by atoms with E-state index in [1.807, 2.05) is 0 Å². The third-order valence-corrected chi connectivity index (χ3v) is 7.24. The topological polar surface area (TPSA) is 111 Å². The zero-order chi connectivity index (χ0) is 25.7. The van der Waals surface area contributed by atoms with Gasteiger partial charge >= 0.3 is 5.97 Å². The van der Waals surface area contributed by atoms with Crippen molar-refractivity contribution in [2.45, 2.75) is 19.0 Å². The molecule has 4 aromatic rings. The highest BCUT2D eigenvalue weighted by atomic mass is 79.9. The molecular weight excluding hydrogens is 548 g/mol. The summed E-state index contributed by atoms with van der Waals surface area (Å²) in [5.74, 6) is -0.576. The number of rotatable bonds is 9. The predicted octanol–water partition coefficient (Wildman–Crippen LogP) is 3.64. The zero-order valence-electron chi connectivity index (χ0n) is 19.3. The quantitative estimate of drug-likeness (QED) is 0.282. The standard InChI is InChI=1S/C25H23BrN4O5S/c1-36(33,34)30(20-13-11-19(26)12-14-20)21(17-35-25(32)18-7-3-2-4-8-18)15-16-29-24(31)22-9-5-6-10-23(22)27-28-29/h2-14,21H,15-17H2,1H3. The molecule has 0 saturated heterocycles. The van der Waals surface area contributed by atoms with E-state index in [0.29, 0.717) is 22.2 Å². The van der Waals surface area contributed by atoms with E-state index in [-0.39, 0.29) is 25.1 Å². The summed E-state index contributed by atoms with van der Waals surface area (Å²) < 4.78 is 34.5. The number of sulfonamides is 1. The minimum atomic E-state index is -3.79. The van der Waals surface area contributed by atoms with Crippen LogP contribution in [0, 0.1) is 0 Å². The normalized spacial score (nSPS) is 12.3.